The van der Waals surface area contributed by atoms with Crippen LogP contribution in [-0.2, 0) is 11.2 Å². The second-order valence-corrected chi connectivity index (χ2v) is 9.94. The highest BCUT2D eigenvalue weighted by Crippen LogP contribution is 2.33. The van der Waals surface area contributed by atoms with E-state index in [1.807, 2.05) is 31.2 Å². The van der Waals surface area contributed by atoms with Gasteiger partial charge >= 0.3 is 5.97 Å². The molecule has 3 aromatic carbocycles. The van der Waals surface area contributed by atoms with Gasteiger partial charge in [-0.25, -0.2) is 4.98 Å². The predicted octanol–water partition coefficient (Wildman–Crippen LogP) is 8.05. The van der Waals surface area contributed by atoms with E-state index < -0.39 is 0 Å². The molecular weight excluding hydrogens is 444 g/mol. The number of rotatable bonds is 7. The first-order chi connectivity index (χ1) is 17.4. The molecule has 0 aliphatic heterocycles. The first kappa shape index (κ1) is 23.8. The number of ether oxygens (including phenoxy) is 1. The zero-order chi connectivity index (χ0) is 25.2. The average molecular weight is 477 g/mol. The number of carbonyl (C=O) groups is 1. The van der Waals surface area contributed by atoms with Crippen LogP contribution in [0.3, 0.4) is 0 Å². The Kier molecular flexibility index (Phi) is 6.60. The maximum absolute atomic E-state index is 12.8. The molecule has 2 heterocycles. The van der Waals surface area contributed by atoms with Crippen molar-refractivity contribution in [3.63, 3.8) is 0 Å². The monoisotopic (exact) mass is 476 g/mol. The minimum absolute atomic E-state index is 0.191. The van der Waals surface area contributed by atoms with Crippen molar-refractivity contribution in [1.29, 1.82) is 0 Å². The van der Waals surface area contributed by atoms with E-state index in [1.165, 1.54) is 16.5 Å². The highest BCUT2D eigenvalue weighted by molar-refractivity contribution is 5.92. The molecule has 0 spiro atoms. The summed E-state index contributed by atoms with van der Waals surface area (Å²) in [5, 5.41) is 2.31. The van der Waals surface area contributed by atoms with Crippen molar-refractivity contribution in [3.8, 4) is 17.1 Å². The lowest BCUT2D eigenvalue weighted by molar-refractivity contribution is -0.134. The van der Waals surface area contributed by atoms with Gasteiger partial charge in [0.2, 0.25) is 0 Å². The molecule has 5 rings (SSSR count). The number of nitrogens with one attached hydrogen (secondary N) is 1. The fourth-order valence-corrected chi connectivity index (χ4v) is 4.84. The van der Waals surface area contributed by atoms with Gasteiger partial charge in [-0.2, -0.15) is 0 Å². The van der Waals surface area contributed by atoms with Crippen molar-refractivity contribution >= 4 is 27.8 Å². The number of hydrogen-bond acceptors (Lipinski definition) is 3. The van der Waals surface area contributed by atoms with Crippen LogP contribution in [0.4, 0.5) is 0 Å². The number of aromatic amines is 1. The quantitative estimate of drug-likeness (QED) is 0.191. The Morgan fingerprint density at radius 2 is 1.72 bits per heavy atom. The van der Waals surface area contributed by atoms with E-state index in [0.717, 1.165) is 45.4 Å². The average Bonchev–Trinajstić information content (AvgIpc) is 3.21. The van der Waals surface area contributed by atoms with Crippen LogP contribution in [-0.4, -0.2) is 15.9 Å². The molecule has 5 aromatic rings. The molecule has 0 bridgehead atoms. The molecule has 0 unspecified atom stereocenters. The summed E-state index contributed by atoms with van der Waals surface area (Å²) in [5.74, 6) is 0.780. The van der Waals surface area contributed by atoms with Gasteiger partial charge in [-0.1, -0.05) is 61.9 Å². The zero-order valence-corrected chi connectivity index (χ0v) is 21.4. The van der Waals surface area contributed by atoms with E-state index in [-0.39, 0.29) is 5.97 Å². The number of para-hydroxylation sites is 1. The second-order valence-electron chi connectivity index (χ2n) is 9.94. The Hall–Kier alpha value is -3.92. The van der Waals surface area contributed by atoms with E-state index in [1.54, 1.807) is 0 Å². The summed E-state index contributed by atoms with van der Waals surface area (Å²) < 4.78 is 5.82. The van der Waals surface area contributed by atoms with Crippen molar-refractivity contribution in [1.82, 2.24) is 9.97 Å². The highest BCUT2D eigenvalue weighted by atomic mass is 16.5. The molecule has 1 N–H and O–H groups in total. The van der Waals surface area contributed by atoms with E-state index in [0.29, 0.717) is 24.5 Å². The number of pyridine rings is 1. The van der Waals surface area contributed by atoms with Gasteiger partial charge in [-0.3, -0.25) is 4.79 Å². The van der Waals surface area contributed by atoms with Gasteiger partial charge in [0.15, 0.2) is 0 Å². The predicted molar refractivity (Wildman–Crippen MR) is 148 cm³/mol. The third-order valence-electron chi connectivity index (χ3n) is 6.74. The summed E-state index contributed by atoms with van der Waals surface area (Å²) in [7, 11) is 0. The number of nitrogens with zero attached hydrogens (tertiary/aromatic N) is 1. The van der Waals surface area contributed by atoms with Crippen LogP contribution in [0.2, 0.25) is 0 Å². The number of fused-ring (bicyclic) bond motifs is 2. The summed E-state index contributed by atoms with van der Waals surface area (Å²) >= 11 is 0. The second kappa shape index (κ2) is 9.98. The Morgan fingerprint density at radius 1 is 0.944 bits per heavy atom. The van der Waals surface area contributed by atoms with E-state index in [2.05, 4.69) is 74.3 Å². The van der Waals surface area contributed by atoms with Crippen molar-refractivity contribution in [3.05, 3.63) is 95.1 Å². The highest BCUT2D eigenvalue weighted by Gasteiger charge is 2.17. The lowest BCUT2D eigenvalue weighted by Gasteiger charge is -2.13. The standard InChI is InChI=1S/C32H32N2O2/c1-20(2)24-15-12-22(4)19-30(24)36-31(35)11-7-9-25-26-18-21(3)13-16-28(26)34-32(25)29-17-14-23-8-5-6-10-27(23)33-29/h5-6,8,10,12-20,34H,7,9,11H2,1-4H3. The lowest BCUT2D eigenvalue weighted by atomic mass is 10.0. The van der Waals surface area contributed by atoms with E-state index in [9.17, 15) is 4.79 Å². The minimum atomic E-state index is -0.191. The molecule has 0 amide bonds. The molecule has 182 valence electrons. The van der Waals surface area contributed by atoms with Gasteiger partial charge in [0.25, 0.3) is 0 Å². The fraction of sp³-hybridized carbons (Fsp3) is 0.250. The first-order valence-corrected chi connectivity index (χ1v) is 12.7. The molecular formula is C32H32N2O2. The Balaban J connectivity index is 1.39. The van der Waals surface area contributed by atoms with Gasteiger partial charge in [0.05, 0.1) is 16.9 Å². The van der Waals surface area contributed by atoms with Gasteiger partial charge in [0, 0.05) is 22.7 Å². The maximum atomic E-state index is 12.8. The number of carbonyl (C=O) groups excluding carboxylic acids is 1. The Bertz CT molecular complexity index is 1560. The summed E-state index contributed by atoms with van der Waals surface area (Å²) in [6.07, 6.45) is 1.81. The minimum Gasteiger partial charge on any atom is -0.426 e. The van der Waals surface area contributed by atoms with Crippen molar-refractivity contribution in [2.24, 2.45) is 0 Å². The van der Waals surface area contributed by atoms with Crippen LogP contribution in [0.1, 0.15) is 54.9 Å². The van der Waals surface area contributed by atoms with Crippen molar-refractivity contribution < 1.29 is 9.53 Å². The van der Waals surface area contributed by atoms with Crippen LogP contribution in [0.25, 0.3) is 33.2 Å². The molecule has 0 fully saturated rings. The molecule has 4 nitrogen and oxygen atoms in total. The number of hydrogen-bond donors (Lipinski definition) is 1. The zero-order valence-electron chi connectivity index (χ0n) is 21.4. The molecule has 0 saturated carbocycles. The van der Waals surface area contributed by atoms with Crippen LogP contribution in [0.5, 0.6) is 5.75 Å². The van der Waals surface area contributed by atoms with Crippen molar-refractivity contribution in [2.75, 3.05) is 0 Å². The van der Waals surface area contributed by atoms with Gasteiger partial charge in [-0.05, 0) is 79.6 Å². The molecule has 0 aliphatic rings. The first-order valence-electron chi connectivity index (χ1n) is 12.7. The van der Waals surface area contributed by atoms with Crippen molar-refractivity contribution in [2.45, 2.75) is 52.9 Å². The number of H-pyrrole nitrogens is 1. The molecule has 4 heteroatoms. The number of aromatic nitrogens is 2. The number of esters is 1. The molecule has 0 aliphatic carbocycles. The summed E-state index contributed by atoms with van der Waals surface area (Å²) in [6, 6.07) is 24.9. The van der Waals surface area contributed by atoms with E-state index in [4.69, 9.17) is 9.72 Å². The maximum Gasteiger partial charge on any atom is 0.311 e. The molecule has 0 saturated heterocycles. The largest absolute Gasteiger partial charge is 0.426 e. The fourth-order valence-electron chi connectivity index (χ4n) is 4.84. The topological polar surface area (TPSA) is 55.0 Å². The third-order valence-corrected chi connectivity index (χ3v) is 6.74. The normalized spacial score (nSPS) is 11.5. The smallest absolute Gasteiger partial charge is 0.311 e. The summed E-state index contributed by atoms with van der Waals surface area (Å²) in [4.78, 5) is 21.3. The number of aryl methyl sites for hydroxylation is 3. The lowest BCUT2D eigenvalue weighted by Crippen LogP contribution is -2.10. The molecule has 36 heavy (non-hydrogen) atoms. The van der Waals surface area contributed by atoms with Gasteiger partial charge in [-0.15, -0.1) is 0 Å². The summed E-state index contributed by atoms with van der Waals surface area (Å²) in [6.45, 7) is 8.35. The molecule has 0 radical (unpaired) electrons. The SMILES string of the molecule is Cc1ccc(C(C)C)c(OC(=O)CCCc2c(-c3ccc4ccccc4n3)[nH]c3ccc(C)cc23)c1. The van der Waals surface area contributed by atoms with Crippen LogP contribution < -0.4 is 4.74 Å². The molecule has 2 aromatic heterocycles. The Morgan fingerprint density at radius 3 is 2.56 bits per heavy atom. The van der Waals surface area contributed by atoms with Crippen LogP contribution in [0, 0.1) is 13.8 Å². The van der Waals surface area contributed by atoms with Crippen LogP contribution >= 0.6 is 0 Å². The Labute approximate surface area is 212 Å². The number of benzene rings is 3. The van der Waals surface area contributed by atoms with E-state index >= 15 is 0 Å². The third kappa shape index (κ3) is 4.90. The van der Waals surface area contributed by atoms with Crippen LogP contribution in [0.15, 0.2) is 72.8 Å². The van der Waals surface area contributed by atoms with Gasteiger partial charge in [0.1, 0.15) is 5.75 Å². The van der Waals surface area contributed by atoms with Gasteiger partial charge < -0.3 is 9.72 Å². The summed E-state index contributed by atoms with van der Waals surface area (Å²) in [5.41, 5.74) is 8.55. The molecule has 0 atom stereocenters.